The third kappa shape index (κ3) is 4.66. The zero-order valence-corrected chi connectivity index (χ0v) is 18.9. The number of imide groups is 1. The lowest BCUT2D eigenvalue weighted by Gasteiger charge is -2.33. The second kappa shape index (κ2) is 9.96. The van der Waals surface area contributed by atoms with Gasteiger partial charge in [-0.05, 0) is 37.6 Å². The van der Waals surface area contributed by atoms with Crippen molar-refractivity contribution in [1.82, 2.24) is 4.57 Å². The maximum absolute atomic E-state index is 13.6. The molecule has 0 bridgehead atoms. The molecule has 2 heterocycles. The number of carbonyl (C=O) groups excluding carboxylic acids is 3. The van der Waals surface area contributed by atoms with Crippen LogP contribution in [-0.4, -0.2) is 39.4 Å². The molecule has 33 heavy (non-hydrogen) atoms. The van der Waals surface area contributed by atoms with Crippen LogP contribution in [0, 0.1) is 0 Å². The highest BCUT2D eigenvalue weighted by molar-refractivity contribution is 5.97. The number of quaternary nitrogens is 1. The molecule has 3 amide bonds. The number of anilines is 1. The molecule has 3 aromatic rings. The second-order valence-electron chi connectivity index (χ2n) is 8.66. The third-order valence-corrected chi connectivity index (χ3v) is 6.61. The minimum absolute atomic E-state index is 0.0227. The van der Waals surface area contributed by atoms with Gasteiger partial charge < -0.3 is 4.57 Å². The summed E-state index contributed by atoms with van der Waals surface area (Å²) in [5.74, 6) is -0.0914. The standard InChI is InChI=1S/C27H29N3O3/c1-21-11-10-20-30(21,26(32)17-9-16-25(31)22-12-3-2-4-13-22)27(33)28-23-14-5-6-15-24(23)29-18-7-8-19-29/h2-8,12-15,18-19,21H,9-11,16-17,20H2,1H3/p+1/t21-,30?/m1/s1. The van der Waals surface area contributed by atoms with Gasteiger partial charge in [-0.3, -0.25) is 10.1 Å². The van der Waals surface area contributed by atoms with E-state index in [-0.39, 0.29) is 34.7 Å². The normalized spacial score (nSPS) is 19.8. The van der Waals surface area contributed by atoms with Crippen LogP contribution in [-0.2, 0) is 4.79 Å². The van der Waals surface area contributed by atoms with Crippen LogP contribution in [0.15, 0.2) is 79.1 Å². The van der Waals surface area contributed by atoms with Crippen LogP contribution in [0.3, 0.4) is 0 Å². The van der Waals surface area contributed by atoms with E-state index in [4.69, 9.17) is 0 Å². The van der Waals surface area contributed by atoms with E-state index in [1.165, 1.54) is 0 Å². The summed E-state index contributed by atoms with van der Waals surface area (Å²) in [6.45, 7) is 2.46. The Labute approximate surface area is 194 Å². The number of ketones is 1. The SMILES string of the molecule is C[C@@H]1CCC[N+]1(C(=O)CCCC(=O)c1ccccc1)C(=O)Nc1ccccc1-n1cccc1. The number of para-hydroxylation sites is 2. The predicted octanol–water partition coefficient (Wildman–Crippen LogP) is 5.59. The molecule has 0 spiro atoms. The summed E-state index contributed by atoms with van der Waals surface area (Å²) >= 11 is 0. The Morgan fingerprint density at radius 1 is 0.939 bits per heavy atom. The maximum atomic E-state index is 13.6. The molecule has 1 aliphatic rings. The molecule has 2 aromatic carbocycles. The lowest BCUT2D eigenvalue weighted by molar-refractivity contribution is -0.782. The summed E-state index contributed by atoms with van der Waals surface area (Å²) in [7, 11) is 0. The average Bonchev–Trinajstić information content (AvgIpc) is 3.50. The molecule has 4 rings (SSSR count). The van der Waals surface area contributed by atoms with Crippen molar-refractivity contribution in [1.29, 1.82) is 0 Å². The van der Waals surface area contributed by atoms with Gasteiger partial charge in [-0.1, -0.05) is 42.5 Å². The summed E-state index contributed by atoms with van der Waals surface area (Å²) in [6.07, 6.45) is 6.42. The monoisotopic (exact) mass is 444 g/mol. The first-order chi connectivity index (χ1) is 16.0. The van der Waals surface area contributed by atoms with Crippen LogP contribution in [0.5, 0.6) is 0 Å². The number of nitrogens with one attached hydrogen (secondary N) is 1. The van der Waals surface area contributed by atoms with E-state index in [1.54, 1.807) is 12.1 Å². The summed E-state index contributed by atoms with van der Waals surface area (Å²) < 4.78 is 1.73. The molecule has 1 fully saturated rings. The Morgan fingerprint density at radius 2 is 1.64 bits per heavy atom. The van der Waals surface area contributed by atoms with E-state index in [2.05, 4.69) is 5.32 Å². The van der Waals surface area contributed by atoms with Gasteiger partial charge in [-0.2, -0.15) is 4.48 Å². The van der Waals surface area contributed by atoms with Gasteiger partial charge in [0.2, 0.25) is 0 Å². The quantitative estimate of drug-likeness (QED) is 0.382. The van der Waals surface area contributed by atoms with Gasteiger partial charge in [-0.25, -0.2) is 9.59 Å². The Morgan fingerprint density at radius 3 is 2.33 bits per heavy atom. The van der Waals surface area contributed by atoms with Crippen LogP contribution >= 0.6 is 0 Å². The third-order valence-electron chi connectivity index (χ3n) is 6.61. The number of hydrogen-bond donors (Lipinski definition) is 1. The first-order valence-corrected chi connectivity index (χ1v) is 11.6. The van der Waals surface area contributed by atoms with E-state index in [9.17, 15) is 14.4 Å². The molecule has 1 aromatic heterocycles. The molecular formula is C27H30N3O3+. The molecule has 2 atom stereocenters. The molecule has 1 saturated heterocycles. The number of rotatable bonds is 7. The predicted molar refractivity (Wildman–Crippen MR) is 128 cm³/mol. The molecule has 6 nitrogen and oxygen atoms in total. The van der Waals surface area contributed by atoms with Crippen LogP contribution in [0.2, 0.25) is 0 Å². The van der Waals surface area contributed by atoms with E-state index in [0.717, 1.165) is 18.5 Å². The van der Waals surface area contributed by atoms with E-state index in [0.29, 0.717) is 30.6 Å². The second-order valence-corrected chi connectivity index (χ2v) is 8.66. The number of likely N-dealkylation sites (tertiary alicyclic amines) is 1. The fourth-order valence-corrected chi connectivity index (χ4v) is 4.74. The summed E-state index contributed by atoms with van der Waals surface area (Å²) in [5.41, 5.74) is 2.17. The van der Waals surface area contributed by atoms with Gasteiger partial charge in [0.25, 0.3) is 0 Å². The van der Waals surface area contributed by atoms with Gasteiger partial charge in [0, 0.05) is 37.2 Å². The summed E-state index contributed by atoms with van der Waals surface area (Å²) in [6, 6.07) is 20.2. The number of carbonyl (C=O) groups is 3. The molecule has 6 heteroatoms. The van der Waals surface area contributed by atoms with E-state index < -0.39 is 0 Å². The highest BCUT2D eigenvalue weighted by Crippen LogP contribution is 2.31. The molecule has 1 aliphatic heterocycles. The fourth-order valence-electron chi connectivity index (χ4n) is 4.74. The van der Waals surface area contributed by atoms with Crippen molar-refractivity contribution in [3.63, 3.8) is 0 Å². The van der Waals surface area contributed by atoms with Crippen molar-refractivity contribution in [2.75, 3.05) is 11.9 Å². The van der Waals surface area contributed by atoms with E-state index in [1.807, 2.05) is 78.5 Å². The van der Waals surface area contributed by atoms with Gasteiger partial charge in [0.1, 0.15) is 6.04 Å². The average molecular weight is 445 g/mol. The number of hydrogen-bond acceptors (Lipinski definition) is 3. The first-order valence-electron chi connectivity index (χ1n) is 11.6. The van der Waals surface area contributed by atoms with Crippen LogP contribution in [0.1, 0.15) is 49.4 Å². The van der Waals surface area contributed by atoms with Crippen molar-refractivity contribution in [2.45, 2.75) is 45.1 Å². The van der Waals surface area contributed by atoms with Crippen molar-refractivity contribution in [3.8, 4) is 5.69 Å². The highest BCUT2D eigenvalue weighted by Gasteiger charge is 2.52. The summed E-state index contributed by atoms with van der Waals surface area (Å²) in [4.78, 5) is 39.4. The minimum Gasteiger partial charge on any atom is -0.322 e. The number of nitrogens with zero attached hydrogens (tertiary/aromatic N) is 2. The summed E-state index contributed by atoms with van der Waals surface area (Å²) in [5, 5.41) is 3.04. The number of benzene rings is 2. The smallest absolute Gasteiger partial charge is 0.322 e. The Bertz CT molecular complexity index is 1120. The molecule has 0 aliphatic carbocycles. The number of urea groups is 1. The van der Waals surface area contributed by atoms with Crippen molar-refractivity contribution in [2.24, 2.45) is 0 Å². The van der Waals surface area contributed by atoms with Crippen LogP contribution in [0.4, 0.5) is 10.5 Å². The molecule has 0 saturated carbocycles. The Kier molecular flexibility index (Phi) is 6.84. The van der Waals surface area contributed by atoms with Gasteiger partial charge in [0.15, 0.2) is 5.78 Å². The maximum Gasteiger partial charge on any atom is 0.428 e. The topological polar surface area (TPSA) is 68.2 Å². The fraction of sp³-hybridized carbons (Fsp3) is 0.296. The zero-order chi connectivity index (χ0) is 23.3. The molecule has 170 valence electrons. The van der Waals surface area contributed by atoms with Gasteiger partial charge in [-0.15, -0.1) is 0 Å². The minimum atomic E-state index is -0.293. The van der Waals surface area contributed by atoms with Gasteiger partial charge >= 0.3 is 11.9 Å². The molecule has 1 N–H and O–H groups in total. The lowest BCUT2D eigenvalue weighted by Crippen LogP contribution is -2.60. The first kappa shape index (κ1) is 22.7. The molecule has 1 unspecified atom stereocenters. The van der Waals surface area contributed by atoms with Gasteiger partial charge in [0.05, 0.1) is 24.3 Å². The van der Waals surface area contributed by atoms with Crippen molar-refractivity contribution >= 4 is 23.4 Å². The van der Waals surface area contributed by atoms with E-state index >= 15 is 0 Å². The molecule has 0 radical (unpaired) electrons. The molecular weight excluding hydrogens is 414 g/mol. The van der Waals surface area contributed by atoms with Crippen LogP contribution in [0.25, 0.3) is 5.69 Å². The Hall–Kier alpha value is -3.51. The van der Waals surface area contributed by atoms with Crippen LogP contribution < -0.4 is 5.32 Å². The van der Waals surface area contributed by atoms with Crippen molar-refractivity contribution < 1.29 is 18.9 Å². The lowest BCUT2D eigenvalue weighted by atomic mass is 10.0. The highest BCUT2D eigenvalue weighted by atomic mass is 16.2. The number of aromatic nitrogens is 1. The van der Waals surface area contributed by atoms with Crippen molar-refractivity contribution in [3.05, 3.63) is 84.7 Å². The largest absolute Gasteiger partial charge is 0.428 e. The Balaban J connectivity index is 1.48. The zero-order valence-electron chi connectivity index (χ0n) is 18.9. The number of amides is 3. The number of Topliss-reactive ketones (excluding diaryl/α,β-unsaturated/α-hetero) is 1.